The summed E-state index contributed by atoms with van der Waals surface area (Å²) in [4.78, 5) is 30.1. The van der Waals surface area contributed by atoms with Crippen LogP contribution in [0.15, 0.2) is 30.7 Å². The summed E-state index contributed by atoms with van der Waals surface area (Å²) >= 11 is 5.84. The highest BCUT2D eigenvalue weighted by Gasteiger charge is 2.22. The molecule has 6 nitrogen and oxygen atoms in total. The number of aliphatic carboxylic acids is 1. The third-order valence-electron chi connectivity index (χ3n) is 3.02. The number of aromatic nitrogens is 2. The molecule has 0 unspecified atom stereocenters. The van der Waals surface area contributed by atoms with Gasteiger partial charge in [-0.25, -0.2) is 9.78 Å². The summed E-state index contributed by atoms with van der Waals surface area (Å²) in [5.74, 6) is -1.55. The van der Waals surface area contributed by atoms with E-state index in [1.54, 1.807) is 25.1 Å². The molecule has 7 heteroatoms. The maximum Gasteiger partial charge on any atom is 0.326 e. The van der Waals surface area contributed by atoms with Crippen LogP contribution in [-0.4, -0.2) is 33.0 Å². The first-order valence-corrected chi connectivity index (χ1v) is 6.62. The molecule has 2 aromatic rings. The van der Waals surface area contributed by atoms with Crippen LogP contribution in [0.1, 0.15) is 21.6 Å². The van der Waals surface area contributed by atoms with Gasteiger partial charge in [0.15, 0.2) is 0 Å². The monoisotopic (exact) mass is 307 g/mol. The smallest absolute Gasteiger partial charge is 0.326 e. The predicted octanol–water partition coefficient (Wildman–Crippen LogP) is 1.80. The lowest BCUT2D eigenvalue weighted by Gasteiger charge is -2.14. The Balaban J connectivity index is 2.12. The number of benzene rings is 1. The minimum atomic E-state index is -1.11. The number of hydrogen-bond donors (Lipinski definition) is 3. The number of carbonyl (C=O) groups excluding carboxylic acids is 1. The van der Waals surface area contributed by atoms with Gasteiger partial charge in [-0.05, 0) is 30.7 Å². The third-order valence-corrected chi connectivity index (χ3v) is 3.25. The Morgan fingerprint density at radius 3 is 2.81 bits per heavy atom. The van der Waals surface area contributed by atoms with Gasteiger partial charge in [0.05, 0.1) is 6.33 Å². The highest BCUT2D eigenvalue weighted by molar-refractivity contribution is 6.30. The van der Waals surface area contributed by atoms with Gasteiger partial charge in [0.1, 0.15) is 6.04 Å². The second-order valence-electron chi connectivity index (χ2n) is 4.60. The average Bonchev–Trinajstić information content (AvgIpc) is 2.90. The van der Waals surface area contributed by atoms with E-state index in [0.717, 1.165) is 0 Å². The first kappa shape index (κ1) is 15.1. The highest BCUT2D eigenvalue weighted by Crippen LogP contribution is 2.15. The fraction of sp³-hybridized carbons (Fsp3) is 0.214. The number of halogens is 1. The first-order valence-electron chi connectivity index (χ1n) is 6.24. The molecule has 0 aliphatic heterocycles. The Bertz CT molecular complexity index is 655. The second-order valence-corrected chi connectivity index (χ2v) is 5.04. The molecular formula is C14H14ClN3O3. The van der Waals surface area contributed by atoms with E-state index in [9.17, 15) is 14.7 Å². The first-order chi connectivity index (χ1) is 9.97. The average molecular weight is 308 g/mol. The van der Waals surface area contributed by atoms with Crippen LogP contribution in [0.25, 0.3) is 0 Å². The fourth-order valence-electron chi connectivity index (χ4n) is 1.93. The van der Waals surface area contributed by atoms with E-state index in [-0.39, 0.29) is 6.42 Å². The van der Waals surface area contributed by atoms with Gasteiger partial charge in [0, 0.05) is 28.9 Å². The van der Waals surface area contributed by atoms with E-state index < -0.39 is 17.9 Å². The summed E-state index contributed by atoms with van der Waals surface area (Å²) in [5, 5.41) is 12.2. The lowest BCUT2D eigenvalue weighted by Crippen LogP contribution is -2.42. The molecule has 0 aliphatic rings. The zero-order valence-corrected chi connectivity index (χ0v) is 12.0. The zero-order valence-electron chi connectivity index (χ0n) is 11.3. The number of carboxylic acid groups (broad SMARTS) is 1. The van der Waals surface area contributed by atoms with Crippen molar-refractivity contribution in [2.45, 2.75) is 19.4 Å². The van der Waals surface area contributed by atoms with Crippen LogP contribution in [0.3, 0.4) is 0 Å². The number of imidazole rings is 1. The largest absolute Gasteiger partial charge is 0.480 e. The van der Waals surface area contributed by atoms with Crippen molar-refractivity contribution in [3.8, 4) is 0 Å². The van der Waals surface area contributed by atoms with Gasteiger partial charge in [-0.15, -0.1) is 0 Å². The molecule has 0 spiro atoms. The molecule has 0 saturated carbocycles. The molecule has 110 valence electrons. The van der Waals surface area contributed by atoms with Crippen LogP contribution in [0.2, 0.25) is 5.02 Å². The molecule has 1 atom stereocenters. The Morgan fingerprint density at radius 2 is 2.24 bits per heavy atom. The Hall–Kier alpha value is -2.34. The molecule has 0 bridgehead atoms. The molecule has 0 radical (unpaired) electrons. The number of nitrogens with one attached hydrogen (secondary N) is 2. The van der Waals surface area contributed by atoms with Crippen molar-refractivity contribution in [3.63, 3.8) is 0 Å². The maximum absolute atomic E-state index is 12.2. The zero-order chi connectivity index (χ0) is 15.4. The summed E-state index contributed by atoms with van der Waals surface area (Å²) in [6.45, 7) is 1.74. The van der Waals surface area contributed by atoms with E-state index in [4.69, 9.17) is 11.6 Å². The van der Waals surface area contributed by atoms with E-state index in [1.165, 1.54) is 12.5 Å². The molecule has 21 heavy (non-hydrogen) atoms. The van der Waals surface area contributed by atoms with E-state index >= 15 is 0 Å². The van der Waals surface area contributed by atoms with Gasteiger partial charge in [0.25, 0.3) is 5.91 Å². The van der Waals surface area contributed by atoms with Gasteiger partial charge in [0.2, 0.25) is 0 Å². The summed E-state index contributed by atoms with van der Waals surface area (Å²) in [6.07, 6.45) is 3.11. The number of H-pyrrole nitrogens is 1. The van der Waals surface area contributed by atoms with Crippen LogP contribution < -0.4 is 5.32 Å². The van der Waals surface area contributed by atoms with Crippen LogP contribution >= 0.6 is 11.6 Å². The summed E-state index contributed by atoms with van der Waals surface area (Å²) in [5.41, 5.74) is 1.72. The molecule has 1 amide bonds. The third kappa shape index (κ3) is 3.82. The van der Waals surface area contributed by atoms with Crippen LogP contribution in [0, 0.1) is 6.92 Å². The number of aryl methyl sites for hydroxylation is 1. The van der Waals surface area contributed by atoms with E-state index in [1.807, 2.05) is 0 Å². The lowest BCUT2D eigenvalue weighted by molar-refractivity contribution is -0.139. The number of nitrogens with zero attached hydrogens (tertiary/aromatic N) is 1. The molecule has 0 fully saturated rings. The lowest BCUT2D eigenvalue weighted by atomic mass is 10.1. The molecule has 1 aromatic carbocycles. The Labute approximate surface area is 126 Å². The SMILES string of the molecule is Cc1cc(Cl)ccc1C(=O)N[C@H](Cc1cnc[nH]1)C(=O)O. The van der Waals surface area contributed by atoms with Crippen molar-refractivity contribution >= 4 is 23.5 Å². The number of rotatable bonds is 5. The van der Waals surface area contributed by atoms with Gasteiger partial charge in [-0.1, -0.05) is 11.6 Å². The quantitative estimate of drug-likeness (QED) is 0.785. The normalized spacial score (nSPS) is 11.9. The van der Waals surface area contributed by atoms with Crippen LogP contribution in [0.4, 0.5) is 0 Å². The number of aromatic amines is 1. The van der Waals surface area contributed by atoms with Crippen molar-refractivity contribution in [2.24, 2.45) is 0 Å². The number of carbonyl (C=O) groups is 2. The molecule has 3 N–H and O–H groups in total. The second kappa shape index (κ2) is 6.41. The topological polar surface area (TPSA) is 95.1 Å². The van der Waals surface area contributed by atoms with Gasteiger partial charge in [-0.3, -0.25) is 4.79 Å². The number of hydrogen-bond acceptors (Lipinski definition) is 3. The minimum Gasteiger partial charge on any atom is -0.480 e. The van der Waals surface area contributed by atoms with E-state index in [0.29, 0.717) is 21.8 Å². The standard InChI is InChI=1S/C14H14ClN3O3/c1-8-4-9(15)2-3-11(8)13(19)18-12(14(20)21)5-10-6-16-7-17-10/h2-4,6-7,12H,5H2,1H3,(H,16,17)(H,18,19)(H,20,21)/t12-/m1/s1. The van der Waals surface area contributed by atoms with Crippen molar-refractivity contribution in [1.82, 2.24) is 15.3 Å². The number of amides is 1. The molecule has 0 aliphatic carbocycles. The van der Waals surface area contributed by atoms with Gasteiger partial charge >= 0.3 is 5.97 Å². The highest BCUT2D eigenvalue weighted by atomic mass is 35.5. The molecule has 1 heterocycles. The Kier molecular flexibility index (Phi) is 4.59. The van der Waals surface area contributed by atoms with Crippen LogP contribution in [0.5, 0.6) is 0 Å². The van der Waals surface area contributed by atoms with Crippen molar-refractivity contribution < 1.29 is 14.7 Å². The predicted molar refractivity (Wildman–Crippen MR) is 77.4 cm³/mol. The summed E-state index contributed by atoms with van der Waals surface area (Å²) in [6, 6.07) is 3.78. The van der Waals surface area contributed by atoms with Gasteiger partial charge in [-0.2, -0.15) is 0 Å². The molecule has 0 saturated heterocycles. The number of carboxylic acids is 1. The van der Waals surface area contributed by atoms with Crippen molar-refractivity contribution in [1.29, 1.82) is 0 Å². The molecule has 1 aromatic heterocycles. The van der Waals surface area contributed by atoms with Crippen molar-refractivity contribution in [3.05, 3.63) is 52.6 Å². The molecular weight excluding hydrogens is 294 g/mol. The molecule has 2 rings (SSSR count). The van der Waals surface area contributed by atoms with Crippen LogP contribution in [-0.2, 0) is 11.2 Å². The minimum absolute atomic E-state index is 0.133. The fourth-order valence-corrected chi connectivity index (χ4v) is 2.16. The van der Waals surface area contributed by atoms with Gasteiger partial charge < -0.3 is 15.4 Å². The summed E-state index contributed by atoms with van der Waals surface area (Å²) in [7, 11) is 0. The van der Waals surface area contributed by atoms with Crippen molar-refractivity contribution in [2.75, 3.05) is 0 Å². The Morgan fingerprint density at radius 1 is 1.48 bits per heavy atom. The maximum atomic E-state index is 12.2. The van der Waals surface area contributed by atoms with E-state index in [2.05, 4.69) is 15.3 Å². The summed E-state index contributed by atoms with van der Waals surface area (Å²) < 4.78 is 0.